The predicted molar refractivity (Wildman–Crippen MR) is 103 cm³/mol. The lowest BCUT2D eigenvalue weighted by Crippen LogP contribution is -2.57. The summed E-state index contributed by atoms with van der Waals surface area (Å²) in [7, 11) is 6.72. The molecule has 1 aromatic heterocycles. The Morgan fingerprint density at radius 1 is 1.04 bits per heavy atom. The number of nitrogens with zero attached hydrogens (tertiary/aromatic N) is 6. The van der Waals surface area contributed by atoms with Crippen molar-refractivity contribution in [3.05, 3.63) is 11.6 Å². The third-order valence-electron chi connectivity index (χ3n) is 7.10. The van der Waals surface area contributed by atoms with Gasteiger partial charge in [0.1, 0.15) is 11.6 Å². The maximum Gasteiger partial charge on any atom is 0.146 e. The summed E-state index contributed by atoms with van der Waals surface area (Å²) in [6.07, 6.45) is 5.88. The van der Waals surface area contributed by atoms with E-state index in [2.05, 4.69) is 50.6 Å². The summed E-state index contributed by atoms with van der Waals surface area (Å²) >= 11 is 0. The standard InChI is InChI=1S/C19H35N7/c1-23-7-4-8-24(2)19(14-23)5-9-26(10-6-19)13-17-21-22-18(25(17)3)15-11-16(20)12-15/h15-16H,4-14,20H2,1-3H3. The van der Waals surface area contributed by atoms with Gasteiger partial charge in [0.2, 0.25) is 0 Å². The van der Waals surface area contributed by atoms with Crippen LogP contribution in [0.15, 0.2) is 0 Å². The van der Waals surface area contributed by atoms with Crippen LogP contribution in [0.5, 0.6) is 0 Å². The van der Waals surface area contributed by atoms with Gasteiger partial charge in [0.05, 0.1) is 6.54 Å². The average Bonchev–Trinajstić information content (AvgIpc) is 2.87. The molecule has 1 saturated carbocycles. The highest BCUT2D eigenvalue weighted by atomic mass is 15.3. The Morgan fingerprint density at radius 2 is 1.77 bits per heavy atom. The molecule has 4 rings (SSSR count). The molecule has 146 valence electrons. The van der Waals surface area contributed by atoms with E-state index in [1.807, 2.05) is 0 Å². The zero-order valence-corrected chi connectivity index (χ0v) is 16.7. The summed E-state index contributed by atoms with van der Waals surface area (Å²) < 4.78 is 2.21. The summed E-state index contributed by atoms with van der Waals surface area (Å²) in [6.45, 7) is 6.86. The number of piperidine rings is 1. The van der Waals surface area contributed by atoms with Gasteiger partial charge in [0.15, 0.2) is 0 Å². The zero-order chi connectivity index (χ0) is 18.3. The van der Waals surface area contributed by atoms with Crippen LogP contribution in [0.1, 0.15) is 49.7 Å². The van der Waals surface area contributed by atoms with Crippen LogP contribution in [-0.4, -0.2) is 87.9 Å². The molecule has 0 aromatic carbocycles. The lowest BCUT2D eigenvalue weighted by Gasteiger charge is -2.47. The molecule has 1 aromatic rings. The van der Waals surface area contributed by atoms with Crippen molar-refractivity contribution >= 4 is 0 Å². The van der Waals surface area contributed by atoms with Crippen molar-refractivity contribution in [1.29, 1.82) is 0 Å². The molecule has 0 atom stereocenters. The van der Waals surface area contributed by atoms with E-state index in [4.69, 9.17) is 5.73 Å². The normalized spacial score (nSPS) is 31.1. The molecule has 3 heterocycles. The minimum absolute atomic E-state index is 0.355. The smallest absolute Gasteiger partial charge is 0.146 e. The number of hydrogen-bond donors (Lipinski definition) is 1. The largest absolute Gasteiger partial charge is 0.328 e. The van der Waals surface area contributed by atoms with E-state index in [-0.39, 0.29) is 0 Å². The predicted octanol–water partition coefficient (Wildman–Crippen LogP) is 0.622. The number of likely N-dealkylation sites (tertiary alicyclic amines) is 1. The van der Waals surface area contributed by atoms with Gasteiger partial charge in [-0.2, -0.15) is 0 Å². The molecule has 0 unspecified atom stereocenters. The number of nitrogens with two attached hydrogens (primary N) is 1. The lowest BCUT2D eigenvalue weighted by molar-refractivity contribution is 0.0285. The summed E-state index contributed by atoms with van der Waals surface area (Å²) in [5.74, 6) is 2.74. The van der Waals surface area contributed by atoms with Crippen molar-refractivity contribution in [3.8, 4) is 0 Å². The molecule has 7 nitrogen and oxygen atoms in total. The molecule has 26 heavy (non-hydrogen) atoms. The van der Waals surface area contributed by atoms with Crippen molar-refractivity contribution in [2.24, 2.45) is 12.8 Å². The van der Waals surface area contributed by atoms with Crippen LogP contribution in [0, 0.1) is 0 Å². The molecule has 7 heteroatoms. The Balaban J connectivity index is 1.37. The molecular weight excluding hydrogens is 326 g/mol. The SMILES string of the molecule is CN1CCCN(C)C2(CCN(Cc3nnc(C4CC(N)C4)n3C)CC2)C1. The fourth-order valence-corrected chi connectivity index (χ4v) is 5.13. The molecule has 3 aliphatic rings. The fraction of sp³-hybridized carbons (Fsp3) is 0.895. The van der Waals surface area contributed by atoms with Gasteiger partial charge in [-0.25, -0.2) is 0 Å². The number of hydrogen-bond acceptors (Lipinski definition) is 6. The maximum atomic E-state index is 5.94. The van der Waals surface area contributed by atoms with Gasteiger partial charge in [-0.05, 0) is 59.3 Å². The van der Waals surface area contributed by atoms with E-state index in [1.54, 1.807) is 0 Å². The van der Waals surface area contributed by atoms with Crippen LogP contribution >= 0.6 is 0 Å². The Labute approximate surface area is 157 Å². The van der Waals surface area contributed by atoms with Crippen LogP contribution in [0.3, 0.4) is 0 Å². The van der Waals surface area contributed by atoms with E-state index < -0.39 is 0 Å². The van der Waals surface area contributed by atoms with E-state index in [0.717, 1.165) is 44.1 Å². The first-order chi connectivity index (χ1) is 12.5. The second-order valence-corrected chi connectivity index (χ2v) is 8.98. The van der Waals surface area contributed by atoms with Crippen molar-refractivity contribution in [1.82, 2.24) is 29.5 Å². The van der Waals surface area contributed by atoms with Crippen molar-refractivity contribution in [2.45, 2.75) is 56.1 Å². The third-order valence-corrected chi connectivity index (χ3v) is 7.10. The van der Waals surface area contributed by atoms with Gasteiger partial charge in [-0.15, -0.1) is 10.2 Å². The molecule has 2 N–H and O–H groups in total. The highest BCUT2D eigenvalue weighted by Gasteiger charge is 2.40. The molecule has 0 amide bonds. The van der Waals surface area contributed by atoms with Gasteiger partial charge in [0.25, 0.3) is 0 Å². The topological polar surface area (TPSA) is 66.4 Å². The Bertz CT molecular complexity index is 613. The Hall–Kier alpha value is -1.02. The summed E-state index contributed by atoms with van der Waals surface area (Å²) in [5.41, 5.74) is 6.30. The third kappa shape index (κ3) is 3.42. The van der Waals surface area contributed by atoms with Gasteiger partial charge >= 0.3 is 0 Å². The minimum Gasteiger partial charge on any atom is -0.328 e. The van der Waals surface area contributed by atoms with Crippen molar-refractivity contribution < 1.29 is 0 Å². The van der Waals surface area contributed by atoms with Crippen molar-refractivity contribution in [2.75, 3.05) is 46.8 Å². The number of likely N-dealkylation sites (N-methyl/N-ethyl adjacent to an activating group) is 2. The molecule has 1 aliphatic carbocycles. The average molecular weight is 362 g/mol. The Morgan fingerprint density at radius 3 is 2.46 bits per heavy atom. The molecule has 0 bridgehead atoms. The van der Waals surface area contributed by atoms with Crippen LogP contribution in [0.2, 0.25) is 0 Å². The second kappa shape index (κ2) is 7.19. The summed E-state index contributed by atoms with van der Waals surface area (Å²) in [5, 5.41) is 8.97. The highest BCUT2D eigenvalue weighted by Crippen LogP contribution is 2.35. The molecule has 2 aliphatic heterocycles. The van der Waals surface area contributed by atoms with Crippen molar-refractivity contribution in [3.63, 3.8) is 0 Å². The molecule has 2 saturated heterocycles. The summed E-state index contributed by atoms with van der Waals surface area (Å²) in [6, 6.07) is 0.355. The van der Waals surface area contributed by atoms with E-state index >= 15 is 0 Å². The molecular formula is C19H35N7. The highest BCUT2D eigenvalue weighted by molar-refractivity contribution is 5.08. The van der Waals surface area contributed by atoms with Crippen LogP contribution in [-0.2, 0) is 13.6 Å². The van der Waals surface area contributed by atoms with Crippen LogP contribution < -0.4 is 5.73 Å². The first kappa shape index (κ1) is 18.3. The van der Waals surface area contributed by atoms with E-state index in [1.165, 1.54) is 38.9 Å². The van der Waals surface area contributed by atoms with Crippen LogP contribution in [0.4, 0.5) is 0 Å². The summed E-state index contributed by atoms with van der Waals surface area (Å²) in [4.78, 5) is 7.72. The lowest BCUT2D eigenvalue weighted by atomic mass is 9.80. The minimum atomic E-state index is 0.355. The number of aromatic nitrogens is 3. The monoisotopic (exact) mass is 361 g/mol. The van der Waals surface area contributed by atoms with Gasteiger partial charge in [-0.3, -0.25) is 9.80 Å². The van der Waals surface area contributed by atoms with E-state index in [0.29, 0.717) is 17.5 Å². The first-order valence-electron chi connectivity index (χ1n) is 10.2. The quantitative estimate of drug-likeness (QED) is 0.851. The molecule has 3 fully saturated rings. The van der Waals surface area contributed by atoms with Gasteiger partial charge < -0.3 is 15.2 Å². The van der Waals surface area contributed by atoms with E-state index in [9.17, 15) is 0 Å². The second-order valence-electron chi connectivity index (χ2n) is 8.98. The molecule has 0 radical (unpaired) electrons. The zero-order valence-electron chi connectivity index (χ0n) is 16.7. The van der Waals surface area contributed by atoms with Gasteiger partial charge in [0, 0.05) is 44.2 Å². The van der Waals surface area contributed by atoms with Crippen LogP contribution in [0.25, 0.3) is 0 Å². The van der Waals surface area contributed by atoms with Gasteiger partial charge in [-0.1, -0.05) is 0 Å². The Kier molecular flexibility index (Phi) is 5.07. The fourth-order valence-electron chi connectivity index (χ4n) is 5.13. The molecule has 1 spiro atoms. The number of rotatable bonds is 3. The maximum absolute atomic E-state index is 5.94. The first-order valence-corrected chi connectivity index (χ1v) is 10.2.